The zero-order valence-corrected chi connectivity index (χ0v) is 7.14. The molecule has 1 radical (unpaired) electrons. The summed E-state index contributed by atoms with van der Waals surface area (Å²) >= 11 is 0. The van der Waals surface area contributed by atoms with Gasteiger partial charge in [-0.1, -0.05) is 18.2 Å². The first-order valence-electron chi connectivity index (χ1n) is 4.08. The lowest BCUT2D eigenvalue weighted by molar-refractivity contribution is 1.22. The number of fused-ring (bicyclic) bond motifs is 1. The molecule has 13 heavy (non-hydrogen) atoms. The van der Waals surface area contributed by atoms with Gasteiger partial charge in [-0.05, 0) is 12.1 Å². The van der Waals surface area contributed by atoms with Crippen LogP contribution in [0.2, 0.25) is 0 Å². The largest absolute Gasteiger partial charge is 0.253 e. The number of hydrogen-bond donors (Lipinski definition) is 0. The second-order valence-corrected chi connectivity index (χ2v) is 2.69. The molecule has 2 rings (SSSR count). The minimum Gasteiger partial charge on any atom is -0.253 e. The van der Waals surface area contributed by atoms with Crippen LogP contribution in [-0.2, 0) is 0 Å². The predicted octanol–water partition coefficient (Wildman–Crippen LogP) is 2.37. The minimum atomic E-state index is 0.841. The first-order valence-corrected chi connectivity index (χ1v) is 4.08. The van der Waals surface area contributed by atoms with Crippen molar-refractivity contribution in [1.82, 2.24) is 9.97 Å². The summed E-state index contributed by atoms with van der Waals surface area (Å²) in [6.07, 6.45) is 5.28. The van der Waals surface area contributed by atoms with Gasteiger partial charge in [-0.25, -0.2) is 4.98 Å². The Morgan fingerprint density at radius 2 is 1.92 bits per heavy atom. The predicted molar refractivity (Wildman–Crippen MR) is 53.1 cm³/mol. The lowest BCUT2D eigenvalue weighted by atomic mass is 10.2. The molecule has 2 heteroatoms. The Balaban J connectivity index is 2.55. The molecular weight excluding hydrogens is 160 g/mol. The highest BCUT2D eigenvalue weighted by molar-refractivity contribution is 5.73. The van der Waals surface area contributed by atoms with Crippen molar-refractivity contribution in [1.29, 1.82) is 0 Å². The molecule has 0 amide bonds. The summed E-state index contributed by atoms with van der Waals surface area (Å²) in [5.41, 5.74) is 2.68. The van der Waals surface area contributed by atoms with Gasteiger partial charge in [-0.15, -0.1) is 6.58 Å². The average Bonchev–Trinajstić information content (AvgIpc) is 2.18. The highest BCUT2D eigenvalue weighted by Crippen LogP contribution is 2.09. The zero-order valence-electron chi connectivity index (χ0n) is 7.14. The molecule has 0 saturated heterocycles. The maximum Gasteiger partial charge on any atom is 0.0890 e. The highest BCUT2D eigenvalue weighted by Gasteiger charge is 1.96. The molecule has 1 aromatic heterocycles. The van der Waals surface area contributed by atoms with Gasteiger partial charge in [0.1, 0.15) is 0 Å². The lowest BCUT2D eigenvalue weighted by Crippen LogP contribution is -1.88. The molecule has 0 aliphatic rings. The molecule has 0 spiro atoms. The number of para-hydroxylation sites is 2. The lowest BCUT2D eigenvalue weighted by Gasteiger charge is -1.97. The fourth-order valence-electron chi connectivity index (χ4n) is 1.17. The highest BCUT2D eigenvalue weighted by atomic mass is 14.8. The van der Waals surface area contributed by atoms with Crippen molar-refractivity contribution in [3.63, 3.8) is 0 Å². The fourth-order valence-corrected chi connectivity index (χ4v) is 1.17. The van der Waals surface area contributed by atoms with Gasteiger partial charge in [0, 0.05) is 12.6 Å². The Morgan fingerprint density at radius 1 is 1.15 bits per heavy atom. The molecule has 0 fully saturated rings. The van der Waals surface area contributed by atoms with Gasteiger partial charge >= 0.3 is 0 Å². The third-order valence-electron chi connectivity index (χ3n) is 1.76. The van der Waals surface area contributed by atoms with Crippen molar-refractivity contribution in [2.24, 2.45) is 0 Å². The van der Waals surface area contributed by atoms with Crippen LogP contribution in [-0.4, -0.2) is 9.97 Å². The Bertz CT molecular complexity index is 435. The molecule has 0 saturated carbocycles. The SMILES string of the molecule is C=C[CH]c1cnc2ccccc2n1. The smallest absolute Gasteiger partial charge is 0.0890 e. The third kappa shape index (κ3) is 1.56. The van der Waals surface area contributed by atoms with Gasteiger partial charge in [0.15, 0.2) is 0 Å². The summed E-state index contributed by atoms with van der Waals surface area (Å²) in [5.74, 6) is 0. The van der Waals surface area contributed by atoms with E-state index < -0.39 is 0 Å². The van der Waals surface area contributed by atoms with E-state index in [-0.39, 0.29) is 0 Å². The van der Waals surface area contributed by atoms with Gasteiger partial charge in [0.25, 0.3) is 0 Å². The molecule has 63 valence electrons. The summed E-state index contributed by atoms with van der Waals surface area (Å²) in [5, 5.41) is 0. The molecular formula is C11H9N2. The van der Waals surface area contributed by atoms with E-state index in [1.54, 1.807) is 12.3 Å². The van der Waals surface area contributed by atoms with Crippen LogP contribution < -0.4 is 0 Å². The molecule has 1 aromatic carbocycles. The molecule has 0 N–H and O–H groups in total. The van der Waals surface area contributed by atoms with E-state index in [4.69, 9.17) is 0 Å². The van der Waals surface area contributed by atoms with E-state index in [2.05, 4.69) is 16.5 Å². The van der Waals surface area contributed by atoms with E-state index in [0.29, 0.717) is 0 Å². The van der Waals surface area contributed by atoms with Gasteiger partial charge < -0.3 is 0 Å². The van der Waals surface area contributed by atoms with E-state index in [1.807, 2.05) is 30.7 Å². The van der Waals surface area contributed by atoms with E-state index in [1.165, 1.54) is 0 Å². The van der Waals surface area contributed by atoms with Crippen LogP contribution in [0.5, 0.6) is 0 Å². The first-order chi connectivity index (χ1) is 6.40. The van der Waals surface area contributed by atoms with Crippen LogP contribution >= 0.6 is 0 Å². The summed E-state index contributed by atoms with van der Waals surface area (Å²) in [7, 11) is 0. The van der Waals surface area contributed by atoms with Crippen molar-refractivity contribution in [2.75, 3.05) is 0 Å². The van der Waals surface area contributed by atoms with E-state index in [9.17, 15) is 0 Å². The second-order valence-electron chi connectivity index (χ2n) is 2.69. The Hall–Kier alpha value is -1.70. The summed E-state index contributed by atoms with van der Waals surface area (Å²) in [6, 6.07) is 7.80. The Kier molecular flexibility index (Phi) is 2.04. The van der Waals surface area contributed by atoms with Crippen molar-refractivity contribution >= 4 is 11.0 Å². The fraction of sp³-hybridized carbons (Fsp3) is 0. The quantitative estimate of drug-likeness (QED) is 0.689. The van der Waals surface area contributed by atoms with Crippen molar-refractivity contribution < 1.29 is 0 Å². The topological polar surface area (TPSA) is 25.8 Å². The summed E-state index contributed by atoms with van der Waals surface area (Å²) < 4.78 is 0. The van der Waals surface area contributed by atoms with Gasteiger partial charge in [-0.3, -0.25) is 4.98 Å². The second kappa shape index (κ2) is 3.35. The molecule has 0 unspecified atom stereocenters. The molecule has 2 nitrogen and oxygen atoms in total. The molecule has 1 heterocycles. The maximum atomic E-state index is 4.38. The standard InChI is InChI=1S/C11H9N2/c1-2-5-9-8-12-10-6-3-4-7-11(10)13-9/h2-8H,1H2. The number of nitrogens with zero attached hydrogens (tertiary/aromatic N) is 2. The van der Waals surface area contributed by atoms with Gasteiger partial charge in [0.2, 0.25) is 0 Å². The number of rotatable bonds is 2. The van der Waals surface area contributed by atoms with E-state index >= 15 is 0 Å². The summed E-state index contributed by atoms with van der Waals surface area (Å²) in [6.45, 7) is 3.61. The van der Waals surface area contributed by atoms with Crippen LogP contribution in [0.4, 0.5) is 0 Å². The van der Waals surface area contributed by atoms with Gasteiger partial charge in [-0.2, -0.15) is 0 Å². The molecule has 0 aliphatic carbocycles. The zero-order chi connectivity index (χ0) is 9.10. The van der Waals surface area contributed by atoms with Crippen molar-refractivity contribution in [2.45, 2.75) is 0 Å². The third-order valence-corrected chi connectivity index (χ3v) is 1.76. The number of hydrogen-bond acceptors (Lipinski definition) is 2. The Morgan fingerprint density at radius 3 is 2.69 bits per heavy atom. The van der Waals surface area contributed by atoms with Gasteiger partial charge in [0.05, 0.1) is 16.7 Å². The summed E-state index contributed by atoms with van der Waals surface area (Å²) in [4.78, 5) is 8.63. The van der Waals surface area contributed by atoms with Crippen LogP contribution in [0.3, 0.4) is 0 Å². The first kappa shape index (κ1) is 7.92. The molecule has 2 aromatic rings. The van der Waals surface area contributed by atoms with Crippen LogP contribution in [0.25, 0.3) is 11.0 Å². The average molecular weight is 169 g/mol. The van der Waals surface area contributed by atoms with Crippen molar-refractivity contribution in [3.8, 4) is 0 Å². The maximum absolute atomic E-state index is 4.38. The number of allylic oxidation sites excluding steroid dienone is 1. The number of aromatic nitrogens is 2. The van der Waals surface area contributed by atoms with Crippen LogP contribution in [0, 0.1) is 6.42 Å². The monoisotopic (exact) mass is 169 g/mol. The van der Waals surface area contributed by atoms with Crippen LogP contribution in [0.15, 0.2) is 43.1 Å². The molecule has 0 bridgehead atoms. The normalized spacial score (nSPS) is 10.2. The van der Waals surface area contributed by atoms with E-state index in [0.717, 1.165) is 16.7 Å². The Labute approximate surface area is 77.0 Å². The molecule has 0 atom stereocenters. The van der Waals surface area contributed by atoms with Crippen LogP contribution in [0.1, 0.15) is 5.69 Å². The number of benzene rings is 1. The minimum absolute atomic E-state index is 0.841. The van der Waals surface area contributed by atoms with Crippen molar-refractivity contribution in [3.05, 3.63) is 55.2 Å². The molecule has 0 aliphatic heterocycles.